The van der Waals surface area contributed by atoms with Gasteiger partial charge in [0, 0.05) is 83.1 Å². The number of hydrogen-bond acceptors (Lipinski definition) is 16. The zero-order chi connectivity index (χ0) is 55.6. The SMILES string of the molecule is C=C(COC(=O)Nc1cc2cc3c(nc2cc1F)-c1cc2c(c(=O)n1C3)COC(=O)[C@@]2(O)CC)C(=O)N1CCN(c2nc(OC[C@@]34CCCN3C[C@H](F)C4)nc3c(F)c(-c4ccc(F)c5sc(N)c(C#N)c45)c(Cl)cc23)[C@@H](C)C1. The number of nitriles is 1. The lowest BCUT2D eigenvalue weighted by Gasteiger charge is -2.41. The molecule has 3 saturated heterocycles. The summed E-state index contributed by atoms with van der Waals surface area (Å²) in [6, 6.07) is 11.0. The van der Waals surface area contributed by atoms with E-state index in [4.69, 9.17) is 36.5 Å². The summed E-state index contributed by atoms with van der Waals surface area (Å²) in [7, 11) is 0. The molecule has 4 aromatic heterocycles. The lowest BCUT2D eigenvalue weighted by molar-refractivity contribution is -0.172. The number of carbonyl (C=O) groups excluding carboxylic acids is 3. The molecule has 3 fully saturated rings. The number of piperazine rings is 1. The van der Waals surface area contributed by atoms with Crippen LogP contribution < -0.4 is 26.2 Å². The first kappa shape index (κ1) is 51.8. The number of esters is 1. The highest BCUT2D eigenvalue weighted by molar-refractivity contribution is 7.23. The van der Waals surface area contributed by atoms with Crippen molar-refractivity contribution in [1.82, 2.24) is 29.3 Å². The zero-order valence-electron chi connectivity index (χ0n) is 42.4. The number of nitrogens with zero attached hydrogens (tertiary/aromatic N) is 8. The molecule has 0 radical (unpaired) electrons. The Morgan fingerprint density at radius 1 is 1.09 bits per heavy atom. The number of fused-ring (bicyclic) bond motifs is 8. The van der Waals surface area contributed by atoms with E-state index in [1.165, 1.54) is 27.7 Å². The molecule has 7 aromatic rings. The van der Waals surface area contributed by atoms with Gasteiger partial charge in [0.25, 0.3) is 11.5 Å². The fourth-order valence-electron chi connectivity index (χ4n) is 12.0. The monoisotopic (exact) mass is 1120 g/mol. The van der Waals surface area contributed by atoms with Crippen LogP contribution in [0.3, 0.4) is 0 Å². The molecule has 0 unspecified atom stereocenters. The van der Waals surface area contributed by atoms with Crippen LogP contribution in [0, 0.1) is 28.8 Å². The second kappa shape index (κ2) is 19.2. The molecule has 12 rings (SSSR count). The van der Waals surface area contributed by atoms with Crippen LogP contribution in [0.2, 0.25) is 5.02 Å². The molecular weight excluding hydrogens is 1070 g/mol. The van der Waals surface area contributed by atoms with Gasteiger partial charge in [-0.3, -0.25) is 19.8 Å². The summed E-state index contributed by atoms with van der Waals surface area (Å²) in [4.78, 5) is 72.6. The molecule has 0 aliphatic carbocycles. The number of halogens is 5. The molecule has 18 nitrogen and oxygen atoms in total. The topological polar surface area (TPSA) is 231 Å². The Balaban J connectivity index is 0.756. The molecule has 9 heterocycles. The smallest absolute Gasteiger partial charge is 0.412 e. The van der Waals surface area contributed by atoms with Gasteiger partial charge in [0.15, 0.2) is 11.4 Å². The average Bonchev–Trinajstić information content (AvgIpc) is 4.20. The first-order valence-electron chi connectivity index (χ1n) is 25.4. The van der Waals surface area contributed by atoms with E-state index in [0.717, 1.165) is 29.9 Å². The molecule has 5 aliphatic heterocycles. The van der Waals surface area contributed by atoms with E-state index in [0.29, 0.717) is 35.3 Å². The van der Waals surface area contributed by atoms with Crippen molar-refractivity contribution >= 4 is 89.3 Å². The number of rotatable bonds is 10. The van der Waals surface area contributed by atoms with Gasteiger partial charge >= 0.3 is 18.1 Å². The second-order valence-corrected chi connectivity index (χ2v) is 22.1. The Morgan fingerprint density at radius 3 is 2.67 bits per heavy atom. The number of nitrogen functional groups attached to an aromatic ring is 1. The highest BCUT2D eigenvalue weighted by atomic mass is 35.5. The summed E-state index contributed by atoms with van der Waals surface area (Å²) in [5.74, 6) is -3.58. The number of thiophene rings is 1. The first-order chi connectivity index (χ1) is 37.8. The second-order valence-electron chi connectivity index (χ2n) is 20.6. The van der Waals surface area contributed by atoms with Crippen molar-refractivity contribution in [3.63, 3.8) is 0 Å². The van der Waals surface area contributed by atoms with Crippen molar-refractivity contribution in [2.45, 2.75) is 76.0 Å². The maximum atomic E-state index is 17.4. The van der Waals surface area contributed by atoms with Gasteiger partial charge in [0.05, 0.1) is 55.5 Å². The third-order valence-corrected chi connectivity index (χ3v) is 17.3. The van der Waals surface area contributed by atoms with Crippen LogP contribution in [0.25, 0.3) is 54.4 Å². The molecule has 3 aromatic carbocycles. The van der Waals surface area contributed by atoms with Gasteiger partial charge in [-0.05, 0) is 68.6 Å². The maximum Gasteiger partial charge on any atom is 0.412 e. The lowest BCUT2D eigenvalue weighted by Crippen LogP contribution is -2.54. The number of nitrogens with one attached hydrogen (secondary N) is 1. The minimum Gasteiger partial charge on any atom is -0.461 e. The Morgan fingerprint density at radius 2 is 1.90 bits per heavy atom. The number of pyridine rings is 2. The van der Waals surface area contributed by atoms with Gasteiger partial charge in [-0.1, -0.05) is 31.2 Å². The van der Waals surface area contributed by atoms with Crippen molar-refractivity contribution in [3.05, 3.63) is 110 Å². The van der Waals surface area contributed by atoms with Crippen molar-refractivity contribution < 1.29 is 51.3 Å². The normalized spacial score (nSPS) is 21.4. The summed E-state index contributed by atoms with van der Waals surface area (Å²) in [6.45, 7) is 7.88. The summed E-state index contributed by atoms with van der Waals surface area (Å²) in [5.41, 5.74) is 4.24. The number of cyclic esters (lactones) is 1. The number of benzene rings is 3. The van der Waals surface area contributed by atoms with Crippen molar-refractivity contribution in [3.8, 4) is 34.6 Å². The molecule has 0 saturated carbocycles. The van der Waals surface area contributed by atoms with Crippen LogP contribution in [-0.2, 0) is 37.8 Å². The molecule has 2 amide bonds. The van der Waals surface area contributed by atoms with Crippen LogP contribution in [0.1, 0.15) is 61.8 Å². The lowest BCUT2D eigenvalue weighted by atomic mass is 9.86. The molecule has 79 heavy (non-hydrogen) atoms. The summed E-state index contributed by atoms with van der Waals surface area (Å²) >= 11 is 7.81. The van der Waals surface area contributed by atoms with E-state index in [2.05, 4.69) is 26.8 Å². The third kappa shape index (κ3) is 8.37. The number of nitrogens with two attached hydrogens (primary N) is 1. The number of anilines is 3. The number of alkyl halides is 1. The number of hydrogen-bond donors (Lipinski definition) is 3. The highest BCUT2D eigenvalue weighted by Gasteiger charge is 2.50. The third-order valence-electron chi connectivity index (χ3n) is 16.0. The van der Waals surface area contributed by atoms with Crippen LogP contribution in [0.5, 0.6) is 6.01 Å². The van der Waals surface area contributed by atoms with Gasteiger partial charge in [-0.2, -0.15) is 15.2 Å². The first-order valence-corrected chi connectivity index (χ1v) is 26.6. The Labute approximate surface area is 455 Å². The molecule has 5 aliphatic rings. The molecule has 4 atom stereocenters. The number of ether oxygens (including phenoxy) is 3. The van der Waals surface area contributed by atoms with Crippen molar-refractivity contribution in [1.29, 1.82) is 5.26 Å². The van der Waals surface area contributed by atoms with Crippen LogP contribution in [-0.4, -0.2) is 116 Å². The van der Waals surface area contributed by atoms with Gasteiger partial charge < -0.3 is 39.4 Å². The van der Waals surface area contributed by atoms with E-state index < -0.39 is 70.9 Å². The van der Waals surface area contributed by atoms with Gasteiger partial charge in [-0.25, -0.2) is 32.1 Å². The number of amides is 2. The maximum absolute atomic E-state index is 17.4. The summed E-state index contributed by atoms with van der Waals surface area (Å²) in [5, 5.41) is 24.2. The Hall–Kier alpha value is -7.91. The van der Waals surface area contributed by atoms with E-state index in [1.807, 2.05) is 17.9 Å². The average molecular weight is 1120 g/mol. The Kier molecular flexibility index (Phi) is 12.6. The van der Waals surface area contributed by atoms with E-state index in [-0.39, 0.29) is 146 Å². The zero-order valence-corrected chi connectivity index (χ0v) is 43.9. The van der Waals surface area contributed by atoms with Crippen LogP contribution in [0.15, 0.2) is 59.4 Å². The van der Waals surface area contributed by atoms with Gasteiger partial charge in [-0.15, -0.1) is 11.3 Å². The number of aliphatic hydroxyl groups is 1. The van der Waals surface area contributed by atoms with E-state index in [9.17, 15) is 33.9 Å². The molecule has 24 heteroatoms. The molecular formula is C55H47ClF4N10O8S. The molecule has 406 valence electrons. The van der Waals surface area contributed by atoms with Crippen molar-refractivity contribution in [2.24, 2.45) is 0 Å². The van der Waals surface area contributed by atoms with Crippen molar-refractivity contribution in [2.75, 3.05) is 61.9 Å². The van der Waals surface area contributed by atoms with Crippen LogP contribution >= 0.6 is 22.9 Å². The predicted molar refractivity (Wildman–Crippen MR) is 285 cm³/mol. The van der Waals surface area contributed by atoms with E-state index >= 15 is 13.2 Å². The predicted octanol–water partition coefficient (Wildman–Crippen LogP) is 8.23. The molecule has 0 spiro atoms. The quantitative estimate of drug-likeness (QED) is 0.0665. The largest absolute Gasteiger partial charge is 0.461 e. The minimum absolute atomic E-state index is 0.0300. The number of aromatic nitrogens is 4. The number of carbonyl (C=O) groups is 3. The standard InChI is InChI=1S/C55H47ClF4N10O8S/c1-4-55(75)34-15-40-44-28(20-70(40)50(72)33(34)23-76-51(55)73)12-27-13-39(37(59)16-38(27)63-44)64-53(74)77-22-25(2)49(71)67-10-11-69(26(3)19-67)48-31-14-35(56)42(30-6-7-36(58)46-41(30)32(18-61)47(62)79-46)43(60)45(31)65-52(66-48)78-24-54-8-5-9-68(54)21-29(57)17-54/h6-7,12-16,26,29,75H,2,4-5,8-11,17,19-24,62H2,1,3H3,(H,64,74)/t26-,29+,54-,55+/m0/s1. The van der Waals surface area contributed by atoms with Crippen LogP contribution in [0.4, 0.5) is 38.9 Å². The van der Waals surface area contributed by atoms with Gasteiger partial charge in [0.2, 0.25) is 0 Å². The Bertz CT molecular complexity index is 3970. The fourth-order valence-corrected chi connectivity index (χ4v) is 13.2. The fraction of sp³-hybridized carbons (Fsp3) is 0.345. The minimum atomic E-state index is -2.02. The molecule has 0 bridgehead atoms. The molecule has 4 N–H and O–H groups in total. The van der Waals surface area contributed by atoms with Gasteiger partial charge in [0.1, 0.15) is 60.0 Å². The van der Waals surface area contributed by atoms with E-state index in [1.54, 1.807) is 19.1 Å². The highest BCUT2D eigenvalue weighted by Crippen LogP contribution is 2.47. The summed E-state index contributed by atoms with van der Waals surface area (Å²) < 4.78 is 81.3. The summed E-state index contributed by atoms with van der Waals surface area (Å²) in [6.07, 6.45) is -0.370.